The first-order valence-electron chi connectivity index (χ1n) is 7.86. The van der Waals surface area contributed by atoms with Gasteiger partial charge in [0.25, 0.3) is 0 Å². The second-order valence-electron chi connectivity index (χ2n) is 5.83. The van der Waals surface area contributed by atoms with Gasteiger partial charge in [-0.25, -0.2) is 4.98 Å². The Morgan fingerprint density at radius 2 is 2.00 bits per heavy atom. The lowest BCUT2D eigenvalue weighted by Gasteiger charge is -2.22. The molecule has 118 valence electrons. The molecule has 0 fully saturated rings. The van der Waals surface area contributed by atoms with Gasteiger partial charge in [0, 0.05) is 26.0 Å². The minimum absolute atomic E-state index is 0.100. The molecule has 4 nitrogen and oxygen atoms in total. The van der Waals surface area contributed by atoms with Gasteiger partial charge in [-0.3, -0.25) is 4.79 Å². The number of carbonyl (C=O) groups excluding carboxylic acids is 1. The van der Waals surface area contributed by atoms with E-state index in [1.165, 1.54) is 16.3 Å². The molecule has 23 heavy (non-hydrogen) atoms. The number of rotatable bonds is 5. The summed E-state index contributed by atoms with van der Waals surface area (Å²) < 4.78 is 1.83. The van der Waals surface area contributed by atoms with Crippen molar-refractivity contribution in [2.24, 2.45) is 0 Å². The average Bonchev–Trinajstić information content (AvgIpc) is 3.12. The summed E-state index contributed by atoms with van der Waals surface area (Å²) in [5.41, 5.74) is 1.28. The number of hydrogen-bond donors (Lipinski definition) is 0. The first-order chi connectivity index (χ1) is 11.2. The predicted octanol–water partition coefficient (Wildman–Crippen LogP) is 3.30. The van der Waals surface area contributed by atoms with Gasteiger partial charge < -0.3 is 9.47 Å². The van der Waals surface area contributed by atoms with Gasteiger partial charge in [0.2, 0.25) is 5.91 Å². The number of hydrogen-bond acceptors (Lipinski definition) is 2. The lowest BCUT2D eigenvalue weighted by molar-refractivity contribution is -0.132. The number of amides is 1. The predicted molar refractivity (Wildman–Crippen MR) is 92.2 cm³/mol. The highest BCUT2D eigenvalue weighted by Gasteiger charge is 2.18. The van der Waals surface area contributed by atoms with E-state index in [0.29, 0.717) is 6.54 Å². The number of likely N-dealkylation sites (N-methyl/N-ethyl adjacent to an activating group) is 1. The summed E-state index contributed by atoms with van der Waals surface area (Å²) in [6, 6.07) is 14.5. The molecule has 0 N–H and O–H groups in total. The smallest absolute Gasteiger partial charge is 0.245 e. The van der Waals surface area contributed by atoms with Crippen molar-refractivity contribution in [1.82, 2.24) is 14.5 Å². The van der Waals surface area contributed by atoms with E-state index in [-0.39, 0.29) is 11.9 Å². The summed E-state index contributed by atoms with van der Waals surface area (Å²) in [4.78, 5) is 18.3. The van der Waals surface area contributed by atoms with Crippen molar-refractivity contribution >= 4 is 16.7 Å². The Kier molecular flexibility index (Phi) is 4.42. The summed E-state index contributed by atoms with van der Waals surface area (Å²) in [5, 5.41) is 2.50. The fourth-order valence-corrected chi connectivity index (χ4v) is 2.85. The second-order valence-corrected chi connectivity index (χ2v) is 5.83. The second kappa shape index (κ2) is 6.65. The molecule has 1 amide bonds. The van der Waals surface area contributed by atoms with Crippen LogP contribution >= 0.6 is 0 Å². The van der Waals surface area contributed by atoms with Gasteiger partial charge in [-0.1, -0.05) is 42.5 Å². The Morgan fingerprint density at radius 3 is 2.78 bits per heavy atom. The molecule has 0 saturated heterocycles. The van der Waals surface area contributed by atoms with Gasteiger partial charge in [0.05, 0.1) is 6.33 Å². The van der Waals surface area contributed by atoms with Gasteiger partial charge in [-0.2, -0.15) is 0 Å². The number of imidazole rings is 1. The van der Waals surface area contributed by atoms with Crippen LogP contribution in [-0.2, 0) is 11.2 Å². The van der Waals surface area contributed by atoms with Crippen LogP contribution in [0.1, 0.15) is 18.5 Å². The molecule has 0 radical (unpaired) electrons. The molecule has 3 rings (SSSR count). The van der Waals surface area contributed by atoms with E-state index in [4.69, 9.17) is 0 Å². The number of carbonyl (C=O) groups is 1. The largest absolute Gasteiger partial charge is 0.344 e. The van der Waals surface area contributed by atoms with E-state index < -0.39 is 0 Å². The quantitative estimate of drug-likeness (QED) is 0.725. The molecule has 0 saturated carbocycles. The van der Waals surface area contributed by atoms with E-state index in [9.17, 15) is 4.79 Å². The van der Waals surface area contributed by atoms with Gasteiger partial charge in [0.1, 0.15) is 6.04 Å². The molecule has 1 heterocycles. The van der Waals surface area contributed by atoms with Crippen LogP contribution in [0.2, 0.25) is 0 Å². The maximum atomic E-state index is 12.5. The number of fused-ring (bicyclic) bond motifs is 1. The average molecular weight is 307 g/mol. The van der Waals surface area contributed by atoms with Crippen molar-refractivity contribution in [3.63, 3.8) is 0 Å². The van der Waals surface area contributed by atoms with Crippen LogP contribution in [0.5, 0.6) is 0 Å². The van der Waals surface area contributed by atoms with Gasteiger partial charge >= 0.3 is 0 Å². The Bertz CT molecular complexity index is 790. The molecule has 1 aromatic heterocycles. The molecular weight excluding hydrogens is 286 g/mol. The molecule has 0 bridgehead atoms. The van der Waals surface area contributed by atoms with Crippen LogP contribution < -0.4 is 0 Å². The van der Waals surface area contributed by atoms with Crippen LogP contribution in [0.15, 0.2) is 61.2 Å². The Labute approximate surface area is 136 Å². The maximum absolute atomic E-state index is 12.5. The molecule has 2 aromatic carbocycles. The van der Waals surface area contributed by atoms with Crippen LogP contribution in [0.3, 0.4) is 0 Å². The van der Waals surface area contributed by atoms with E-state index in [2.05, 4.69) is 47.4 Å². The third-order valence-corrected chi connectivity index (χ3v) is 4.30. The monoisotopic (exact) mass is 307 g/mol. The van der Waals surface area contributed by atoms with Crippen LogP contribution in [0.4, 0.5) is 0 Å². The van der Waals surface area contributed by atoms with Crippen LogP contribution in [0.25, 0.3) is 10.8 Å². The Hall–Kier alpha value is -2.62. The molecule has 3 aromatic rings. The molecule has 4 heteroatoms. The summed E-state index contributed by atoms with van der Waals surface area (Å²) in [5.74, 6) is 0.100. The van der Waals surface area contributed by atoms with E-state index in [0.717, 1.165) is 6.42 Å². The Morgan fingerprint density at radius 1 is 1.22 bits per heavy atom. The van der Waals surface area contributed by atoms with Crippen LogP contribution in [-0.4, -0.2) is 34.0 Å². The van der Waals surface area contributed by atoms with Gasteiger partial charge in [0.15, 0.2) is 0 Å². The molecule has 0 aliphatic carbocycles. The first kappa shape index (κ1) is 15.3. The van der Waals surface area contributed by atoms with Crippen molar-refractivity contribution in [3.05, 3.63) is 66.7 Å². The lowest BCUT2D eigenvalue weighted by Crippen LogP contribution is -2.34. The molecule has 0 aliphatic heterocycles. The highest BCUT2D eigenvalue weighted by molar-refractivity contribution is 5.85. The van der Waals surface area contributed by atoms with Gasteiger partial charge in [-0.05, 0) is 29.7 Å². The topological polar surface area (TPSA) is 38.1 Å². The normalized spacial score (nSPS) is 12.3. The fraction of sp³-hybridized carbons (Fsp3) is 0.263. The fourth-order valence-electron chi connectivity index (χ4n) is 2.85. The van der Waals surface area contributed by atoms with E-state index in [1.54, 1.807) is 17.4 Å². The molecular formula is C19H21N3O. The SMILES string of the molecule is CC(C(=O)N(C)CCc1cccc2ccccc12)n1ccnc1. The molecule has 1 unspecified atom stereocenters. The zero-order chi connectivity index (χ0) is 16.2. The minimum atomic E-state index is -0.227. The third kappa shape index (κ3) is 3.26. The molecule has 0 spiro atoms. The Balaban J connectivity index is 1.68. The first-order valence-corrected chi connectivity index (χ1v) is 7.86. The summed E-state index contributed by atoms with van der Waals surface area (Å²) in [6.45, 7) is 2.60. The zero-order valence-electron chi connectivity index (χ0n) is 13.5. The summed E-state index contributed by atoms with van der Waals surface area (Å²) in [6.07, 6.45) is 6.04. The maximum Gasteiger partial charge on any atom is 0.245 e. The third-order valence-electron chi connectivity index (χ3n) is 4.30. The summed E-state index contributed by atoms with van der Waals surface area (Å²) in [7, 11) is 1.86. The molecule has 0 aliphatic rings. The van der Waals surface area contributed by atoms with Crippen molar-refractivity contribution < 1.29 is 4.79 Å². The number of benzene rings is 2. The van der Waals surface area contributed by atoms with Crippen molar-refractivity contribution in [2.75, 3.05) is 13.6 Å². The van der Waals surface area contributed by atoms with Crippen molar-refractivity contribution in [1.29, 1.82) is 0 Å². The van der Waals surface area contributed by atoms with Crippen molar-refractivity contribution in [3.8, 4) is 0 Å². The van der Waals surface area contributed by atoms with E-state index in [1.807, 2.05) is 24.7 Å². The number of nitrogens with zero attached hydrogens (tertiary/aromatic N) is 3. The van der Waals surface area contributed by atoms with E-state index >= 15 is 0 Å². The standard InChI is InChI=1S/C19H21N3O/c1-15(22-13-11-20-14-22)19(23)21(2)12-10-17-8-5-7-16-6-3-4-9-18(16)17/h3-9,11,13-15H,10,12H2,1-2H3. The van der Waals surface area contributed by atoms with Gasteiger partial charge in [-0.15, -0.1) is 0 Å². The lowest BCUT2D eigenvalue weighted by atomic mass is 10.0. The highest BCUT2D eigenvalue weighted by Crippen LogP contribution is 2.19. The number of aromatic nitrogens is 2. The molecule has 1 atom stereocenters. The zero-order valence-corrected chi connectivity index (χ0v) is 13.5. The highest BCUT2D eigenvalue weighted by atomic mass is 16.2. The summed E-state index contributed by atoms with van der Waals surface area (Å²) >= 11 is 0. The van der Waals surface area contributed by atoms with Crippen LogP contribution in [0, 0.1) is 0 Å². The minimum Gasteiger partial charge on any atom is -0.344 e. The van der Waals surface area contributed by atoms with Crippen molar-refractivity contribution in [2.45, 2.75) is 19.4 Å².